The van der Waals surface area contributed by atoms with Gasteiger partial charge in [-0.1, -0.05) is 45.9 Å². The van der Waals surface area contributed by atoms with Crippen LogP contribution in [0.5, 0.6) is 0 Å². The van der Waals surface area contributed by atoms with Crippen molar-refractivity contribution in [3.05, 3.63) is 30.3 Å². The van der Waals surface area contributed by atoms with E-state index in [1.54, 1.807) is 0 Å². The van der Waals surface area contributed by atoms with Gasteiger partial charge in [0.25, 0.3) is 0 Å². The molecule has 1 N–H and O–H groups in total. The Morgan fingerprint density at radius 3 is 1.81 bits per heavy atom. The second-order valence-electron chi connectivity index (χ2n) is 7.30. The van der Waals surface area contributed by atoms with Crippen molar-refractivity contribution in [3.63, 3.8) is 0 Å². The highest BCUT2D eigenvalue weighted by Gasteiger charge is 2.39. The lowest BCUT2D eigenvalue weighted by Crippen LogP contribution is -2.59. The Morgan fingerprint density at radius 1 is 0.769 bits per heavy atom. The SMILES string of the molecule is CC.CC.c1ccc(N2CCN(CN3CCC4(CC3)CNC4)CC2)cc1. The molecule has 3 aliphatic rings. The van der Waals surface area contributed by atoms with Crippen molar-refractivity contribution < 1.29 is 0 Å². The van der Waals surface area contributed by atoms with Crippen molar-refractivity contribution in [1.82, 2.24) is 15.1 Å². The second-order valence-corrected chi connectivity index (χ2v) is 7.30. The molecular formula is C22H40N4. The number of piperidine rings is 1. The molecule has 3 heterocycles. The van der Waals surface area contributed by atoms with Crippen LogP contribution in [0.3, 0.4) is 0 Å². The molecule has 3 aliphatic heterocycles. The summed E-state index contributed by atoms with van der Waals surface area (Å²) < 4.78 is 0. The third kappa shape index (κ3) is 5.45. The van der Waals surface area contributed by atoms with Gasteiger partial charge in [0.15, 0.2) is 0 Å². The average Bonchev–Trinajstić information content (AvgIpc) is 2.72. The number of nitrogens with zero attached hydrogens (tertiary/aromatic N) is 3. The van der Waals surface area contributed by atoms with Gasteiger partial charge >= 0.3 is 0 Å². The number of benzene rings is 1. The number of hydrogen-bond donors (Lipinski definition) is 1. The van der Waals surface area contributed by atoms with Gasteiger partial charge in [0.1, 0.15) is 0 Å². The Hall–Kier alpha value is -1.10. The minimum absolute atomic E-state index is 0.669. The fourth-order valence-electron chi connectivity index (χ4n) is 4.07. The first-order chi connectivity index (χ1) is 12.8. The Balaban J connectivity index is 0.000000570. The molecule has 0 unspecified atom stereocenters. The molecule has 148 valence electrons. The summed E-state index contributed by atoms with van der Waals surface area (Å²) in [5.41, 5.74) is 2.04. The zero-order chi connectivity index (χ0) is 18.8. The molecule has 0 amide bonds. The van der Waals surface area contributed by atoms with Gasteiger partial charge in [-0.2, -0.15) is 0 Å². The Morgan fingerprint density at radius 2 is 1.31 bits per heavy atom. The number of likely N-dealkylation sites (tertiary alicyclic amines) is 1. The molecule has 1 spiro atoms. The van der Waals surface area contributed by atoms with Gasteiger partial charge in [-0.05, 0) is 43.5 Å². The summed E-state index contributed by atoms with van der Waals surface area (Å²) >= 11 is 0. The number of piperazine rings is 1. The molecular weight excluding hydrogens is 320 g/mol. The van der Waals surface area contributed by atoms with Crippen LogP contribution in [0, 0.1) is 5.41 Å². The van der Waals surface area contributed by atoms with Gasteiger partial charge in [-0.15, -0.1) is 0 Å². The number of hydrogen-bond acceptors (Lipinski definition) is 4. The first-order valence-electron chi connectivity index (χ1n) is 10.8. The summed E-state index contributed by atoms with van der Waals surface area (Å²) in [5, 5.41) is 3.45. The van der Waals surface area contributed by atoms with E-state index in [1.165, 1.54) is 64.5 Å². The monoisotopic (exact) mass is 360 g/mol. The van der Waals surface area contributed by atoms with E-state index in [9.17, 15) is 0 Å². The van der Waals surface area contributed by atoms with E-state index < -0.39 is 0 Å². The molecule has 1 aromatic carbocycles. The third-order valence-corrected chi connectivity index (χ3v) is 5.81. The van der Waals surface area contributed by atoms with E-state index in [0.717, 1.165) is 13.1 Å². The lowest BCUT2D eigenvalue weighted by molar-refractivity contribution is 0.0251. The minimum Gasteiger partial charge on any atom is -0.369 e. The van der Waals surface area contributed by atoms with Gasteiger partial charge in [-0.3, -0.25) is 9.80 Å². The van der Waals surface area contributed by atoms with Crippen LogP contribution in [0.2, 0.25) is 0 Å². The first-order valence-corrected chi connectivity index (χ1v) is 10.8. The molecule has 0 aromatic heterocycles. The Bertz CT molecular complexity index is 468. The van der Waals surface area contributed by atoms with E-state index in [4.69, 9.17) is 0 Å². The summed E-state index contributed by atoms with van der Waals surface area (Å²) in [6.45, 7) is 19.0. The molecule has 4 rings (SSSR count). The summed E-state index contributed by atoms with van der Waals surface area (Å²) in [5.74, 6) is 0. The van der Waals surface area contributed by atoms with Crippen LogP contribution in [0.15, 0.2) is 30.3 Å². The van der Waals surface area contributed by atoms with Crippen LogP contribution >= 0.6 is 0 Å². The predicted molar refractivity (Wildman–Crippen MR) is 114 cm³/mol. The van der Waals surface area contributed by atoms with Crippen molar-refractivity contribution in [2.24, 2.45) is 5.41 Å². The second kappa shape index (κ2) is 10.9. The highest BCUT2D eigenvalue weighted by Crippen LogP contribution is 2.34. The minimum atomic E-state index is 0.669. The lowest BCUT2D eigenvalue weighted by Gasteiger charge is -2.49. The Labute approximate surface area is 161 Å². The van der Waals surface area contributed by atoms with E-state index >= 15 is 0 Å². The molecule has 0 saturated carbocycles. The molecule has 3 fully saturated rings. The standard InChI is InChI=1S/C18H28N4.2C2H6/c1-2-4-17(5-3-1)22-12-10-21(11-13-22)16-20-8-6-18(7-9-20)14-19-15-18;2*1-2/h1-5,19H,6-16H2;2*1-2H3. The normalized spacial score (nSPS) is 22.5. The third-order valence-electron chi connectivity index (χ3n) is 5.81. The maximum absolute atomic E-state index is 3.45. The van der Waals surface area contributed by atoms with Crippen LogP contribution in [-0.4, -0.2) is 68.8 Å². The number of nitrogens with one attached hydrogen (secondary N) is 1. The molecule has 0 bridgehead atoms. The molecule has 4 nitrogen and oxygen atoms in total. The molecule has 26 heavy (non-hydrogen) atoms. The van der Waals surface area contributed by atoms with Gasteiger partial charge in [0.05, 0.1) is 6.67 Å². The van der Waals surface area contributed by atoms with E-state index in [2.05, 4.69) is 50.3 Å². The maximum atomic E-state index is 3.45. The van der Waals surface area contributed by atoms with Crippen molar-refractivity contribution in [1.29, 1.82) is 0 Å². The molecule has 0 atom stereocenters. The van der Waals surface area contributed by atoms with Gasteiger partial charge in [0, 0.05) is 45.0 Å². The van der Waals surface area contributed by atoms with Crippen LogP contribution in [-0.2, 0) is 0 Å². The maximum Gasteiger partial charge on any atom is 0.0507 e. The number of anilines is 1. The molecule has 0 aliphatic carbocycles. The van der Waals surface area contributed by atoms with Gasteiger partial charge in [0.2, 0.25) is 0 Å². The van der Waals surface area contributed by atoms with E-state index in [0.29, 0.717) is 5.41 Å². The Kier molecular flexibility index (Phi) is 8.89. The van der Waals surface area contributed by atoms with Crippen molar-refractivity contribution >= 4 is 5.69 Å². The van der Waals surface area contributed by atoms with Crippen LogP contribution in [0.1, 0.15) is 40.5 Å². The number of rotatable bonds is 3. The average molecular weight is 361 g/mol. The smallest absolute Gasteiger partial charge is 0.0507 e. The molecule has 4 heteroatoms. The lowest BCUT2D eigenvalue weighted by atomic mass is 9.73. The summed E-state index contributed by atoms with van der Waals surface area (Å²) in [4.78, 5) is 7.82. The molecule has 1 aromatic rings. The van der Waals surface area contributed by atoms with Crippen LogP contribution in [0.25, 0.3) is 0 Å². The van der Waals surface area contributed by atoms with E-state index in [-0.39, 0.29) is 0 Å². The van der Waals surface area contributed by atoms with Crippen molar-refractivity contribution in [2.75, 3.05) is 63.9 Å². The predicted octanol–water partition coefficient (Wildman–Crippen LogP) is 3.50. The van der Waals surface area contributed by atoms with Gasteiger partial charge in [-0.25, -0.2) is 0 Å². The zero-order valence-corrected chi connectivity index (χ0v) is 17.5. The fourth-order valence-corrected chi connectivity index (χ4v) is 4.07. The fraction of sp³-hybridized carbons (Fsp3) is 0.727. The number of para-hydroxylation sites is 1. The molecule has 3 saturated heterocycles. The zero-order valence-electron chi connectivity index (χ0n) is 17.5. The van der Waals surface area contributed by atoms with Crippen LogP contribution < -0.4 is 10.2 Å². The first kappa shape index (κ1) is 21.2. The summed E-state index contributed by atoms with van der Waals surface area (Å²) in [6, 6.07) is 10.8. The highest BCUT2D eigenvalue weighted by molar-refractivity contribution is 5.46. The summed E-state index contributed by atoms with van der Waals surface area (Å²) in [6.07, 6.45) is 2.79. The van der Waals surface area contributed by atoms with Gasteiger partial charge < -0.3 is 10.2 Å². The topological polar surface area (TPSA) is 21.8 Å². The van der Waals surface area contributed by atoms with Crippen LogP contribution in [0.4, 0.5) is 5.69 Å². The van der Waals surface area contributed by atoms with E-state index in [1.807, 2.05) is 27.7 Å². The quantitative estimate of drug-likeness (QED) is 0.890. The van der Waals surface area contributed by atoms with Crippen molar-refractivity contribution in [3.8, 4) is 0 Å². The highest BCUT2D eigenvalue weighted by atomic mass is 15.4. The molecule has 0 radical (unpaired) electrons. The largest absolute Gasteiger partial charge is 0.369 e. The summed E-state index contributed by atoms with van der Waals surface area (Å²) in [7, 11) is 0. The van der Waals surface area contributed by atoms with Crippen molar-refractivity contribution in [2.45, 2.75) is 40.5 Å².